The minimum atomic E-state index is -0.0229. The molecule has 3 aromatic rings. The average molecular weight is 451 g/mol. The van der Waals surface area contributed by atoms with E-state index >= 15 is 0 Å². The number of rotatable bonds is 5. The van der Waals surface area contributed by atoms with Crippen molar-refractivity contribution in [3.8, 4) is 17.3 Å². The van der Waals surface area contributed by atoms with E-state index in [-0.39, 0.29) is 12.5 Å². The molecule has 158 valence electrons. The van der Waals surface area contributed by atoms with Crippen LogP contribution in [0.2, 0.25) is 10.0 Å². The lowest BCUT2D eigenvalue weighted by atomic mass is 10.2. The number of piperazine rings is 1. The molecule has 2 aromatic heterocycles. The molecule has 0 radical (unpaired) electrons. The topological polar surface area (TPSA) is 89.5 Å². The van der Waals surface area contributed by atoms with Gasteiger partial charge in [0.05, 0.1) is 22.8 Å². The first-order valence-corrected chi connectivity index (χ1v) is 10.1. The van der Waals surface area contributed by atoms with Crippen LogP contribution in [0.3, 0.4) is 0 Å². The summed E-state index contributed by atoms with van der Waals surface area (Å²) in [5.41, 5.74) is 2.09. The van der Waals surface area contributed by atoms with Crippen LogP contribution < -0.4 is 9.64 Å². The Bertz CT molecular complexity index is 1040. The number of ether oxygens (including phenoxy) is 1. The molecule has 9 nitrogen and oxygen atoms in total. The van der Waals surface area contributed by atoms with E-state index in [2.05, 4.69) is 20.1 Å². The second-order valence-electron chi connectivity index (χ2n) is 6.85. The normalized spacial score (nSPS) is 14.3. The van der Waals surface area contributed by atoms with Crippen LogP contribution in [0.1, 0.15) is 5.69 Å². The standard InChI is InChI=1S/C19H20Cl2N6O3/c1-12-17(21)18(19-22-11-30-24-19)23-27(12)10-16(28)26-7-5-25(6-8-26)13-3-4-14(20)15(9-13)29-2/h3-4,9,11H,5-8,10H2,1-2H3. The van der Waals surface area contributed by atoms with Gasteiger partial charge in [-0.15, -0.1) is 0 Å². The lowest BCUT2D eigenvalue weighted by Crippen LogP contribution is -2.49. The summed E-state index contributed by atoms with van der Waals surface area (Å²) in [5, 5.41) is 9.13. The molecule has 1 saturated heterocycles. The van der Waals surface area contributed by atoms with Gasteiger partial charge in [-0.05, 0) is 19.1 Å². The SMILES string of the molecule is COc1cc(N2CCN(C(=O)Cn3nc(-c4ncon4)c(Cl)c3C)CC2)ccc1Cl. The fraction of sp³-hybridized carbons (Fsp3) is 0.368. The number of carbonyl (C=O) groups excluding carboxylic acids is 1. The summed E-state index contributed by atoms with van der Waals surface area (Å²) in [5.74, 6) is 0.905. The van der Waals surface area contributed by atoms with Crippen molar-refractivity contribution in [2.45, 2.75) is 13.5 Å². The number of amides is 1. The molecule has 1 aromatic carbocycles. The number of carbonyl (C=O) groups is 1. The molecule has 0 aliphatic carbocycles. The van der Waals surface area contributed by atoms with Crippen molar-refractivity contribution >= 4 is 34.8 Å². The highest BCUT2D eigenvalue weighted by atomic mass is 35.5. The minimum absolute atomic E-state index is 0.0229. The van der Waals surface area contributed by atoms with Gasteiger partial charge in [0, 0.05) is 37.9 Å². The van der Waals surface area contributed by atoms with Gasteiger partial charge in [-0.25, -0.2) is 0 Å². The molecular formula is C19H20Cl2N6O3. The zero-order valence-corrected chi connectivity index (χ0v) is 18.0. The van der Waals surface area contributed by atoms with E-state index in [0.29, 0.717) is 59.2 Å². The number of anilines is 1. The molecule has 1 aliphatic heterocycles. The van der Waals surface area contributed by atoms with E-state index in [0.717, 1.165) is 5.69 Å². The van der Waals surface area contributed by atoms with Crippen LogP contribution in [-0.2, 0) is 11.3 Å². The fourth-order valence-electron chi connectivity index (χ4n) is 3.38. The number of hydrogen-bond donors (Lipinski definition) is 0. The second-order valence-corrected chi connectivity index (χ2v) is 7.63. The summed E-state index contributed by atoms with van der Waals surface area (Å²) in [6.07, 6.45) is 1.21. The van der Waals surface area contributed by atoms with E-state index in [1.54, 1.807) is 18.7 Å². The molecule has 30 heavy (non-hydrogen) atoms. The molecule has 3 heterocycles. The van der Waals surface area contributed by atoms with Crippen molar-refractivity contribution in [1.29, 1.82) is 0 Å². The molecule has 1 fully saturated rings. The molecule has 11 heteroatoms. The van der Waals surface area contributed by atoms with Gasteiger partial charge in [-0.2, -0.15) is 10.1 Å². The van der Waals surface area contributed by atoms with Crippen molar-refractivity contribution in [1.82, 2.24) is 24.8 Å². The second kappa shape index (κ2) is 8.53. The van der Waals surface area contributed by atoms with Crippen LogP contribution in [0.15, 0.2) is 29.1 Å². The highest BCUT2D eigenvalue weighted by Crippen LogP contribution is 2.30. The number of nitrogens with zero attached hydrogens (tertiary/aromatic N) is 6. The molecule has 0 unspecified atom stereocenters. The number of hydrogen-bond acceptors (Lipinski definition) is 7. The maximum Gasteiger partial charge on any atom is 0.244 e. The quantitative estimate of drug-likeness (QED) is 0.589. The molecule has 0 bridgehead atoms. The molecule has 4 rings (SSSR count). The van der Waals surface area contributed by atoms with Gasteiger partial charge in [-0.3, -0.25) is 9.48 Å². The summed E-state index contributed by atoms with van der Waals surface area (Å²) in [4.78, 5) is 20.8. The number of methoxy groups -OCH3 is 1. The van der Waals surface area contributed by atoms with Crippen molar-refractivity contribution in [2.75, 3.05) is 38.2 Å². The summed E-state index contributed by atoms with van der Waals surface area (Å²) in [6, 6.07) is 5.68. The van der Waals surface area contributed by atoms with Crippen LogP contribution in [0.4, 0.5) is 5.69 Å². The van der Waals surface area contributed by atoms with E-state index in [1.807, 2.05) is 23.1 Å². The zero-order valence-electron chi connectivity index (χ0n) is 16.5. The van der Waals surface area contributed by atoms with Gasteiger partial charge in [0.25, 0.3) is 0 Å². The molecule has 1 aliphatic rings. The van der Waals surface area contributed by atoms with Gasteiger partial charge in [-0.1, -0.05) is 28.4 Å². The molecular weight excluding hydrogens is 431 g/mol. The van der Waals surface area contributed by atoms with Gasteiger partial charge in [0.1, 0.15) is 12.3 Å². The first kappa shape index (κ1) is 20.5. The summed E-state index contributed by atoms with van der Waals surface area (Å²) >= 11 is 12.4. The zero-order chi connectivity index (χ0) is 21.3. The van der Waals surface area contributed by atoms with Gasteiger partial charge >= 0.3 is 0 Å². The van der Waals surface area contributed by atoms with Gasteiger partial charge in [0.2, 0.25) is 18.1 Å². The van der Waals surface area contributed by atoms with E-state index in [1.165, 1.54) is 6.39 Å². The van der Waals surface area contributed by atoms with Crippen molar-refractivity contribution in [2.24, 2.45) is 0 Å². The number of aromatic nitrogens is 4. The Morgan fingerprint density at radius 1 is 1.23 bits per heavy atom. The number of halogens is 2. The monoisotopic (exact) mass is 450 g/mol. The Labute approximate surface area is 183 Å². The van der Waals surface area contributed by atoms with Crippen LogP contribution in [0, 0.1) is 6.92 Å². The lowest BCUT2D eigenvalue weighted by Gasteiger charge is -2.36. The third kappa shape index (κ3) is 3.95. The Morgan fingerprint density at radius 3 is 2.67 bits per heavy atom. The highest BCUT2D eigenvalue weighted by Gasteiger charge is 2.24. The number of benzene rings is 1. The van der Waals surface area contributed by atoms with E-state index < -0.39 is 0 Å². The maximum absolute atomic E-state index is 12.8. The Morgan fingerprint density at radius 2 is 2.00 bits per heavy atom. The van der Waals surface area contributed by atoms with E-state index in [4.69, 9.17) is 32.5 Å². The largest absolute Gasteiger partial charge is 0.495 e. The predicted molar refractivity (Wildman–Crippen MR) is 112 cm³/mol. The fourth-order valence-corrected chi connectivity index (χ4v) is 3.80. The van der Waals surface area contributed by atoms with Crippen molar-refractivity contribution < 1.29 is 14.1 Å². The Hall–Kier alpha value is -2.78. The van der Waals surface area contributed by atoms with Crippen LogP contribution >= 0.6 is 23.2 Å². The Kier molecular flexibility index (Phi) is 5.83. The van der Waals surface area contributed by atoms with Crippen LogP contribution in [0.5, 0.6) is 5.75 Å². The lowest BCUT2D eigenvalue weighted by molar-refractivity contribution is -0.132. The highest BCUT2D eigenvalue weighted by molar-refractivity contribution is 6.33. The van der Waals surface area contributed by atoms with E-state index in [9.17, 15) is 4.79 Å². The average Bonchev–Trinajstić information content (AvgIpc) is 3.38. The summed E-state index contributed by atoms with van der Waals surface area (Å²) in [6.45, 7) is 4.54. The first-order valence-electron chi connectivity index (χ1n) is 9.34. The predicted octanol–water partition coefficient (Wildman–Crippen LogP) is 2.91. The molecule has 0 atom stereocenters. The third-order valence-electron chi connectivity index (χ3n) is 5.12. The van der Waals surface area contributed by atoms with Gasteiger partial charge in [0.15, 0.2) is 5.69 Å². The minimum Gasteiger partial charge on any atom is -0.495 e. The van der Waals surface area contributed by atoms with Crippen LogP contribution in [0.25, 0.3) is 11.5 Å². The molecule has 1 amide bonds. The third-order valence-corrected chi connectivity index (χ3v) is 5.89. The maximum atomic E-state index is 12.8. The first-order chi connectivity index (χ1) is 14.5. The van der Waals surface area contributed by atoms with Gasteiger partial charge < -0.3 is 19.1 Å². The van der Waals surface area contributed by atoms with Crippen molar-refractivity contribution in [3.63, 3.8) is 0 Å². The summed E-state index contributed by atoms with van der Waals surface area (Å²) < 4.78 is 11.6. The van der Waals surface area contributed by atoms with Crippen LogP contribution in [-0.4, -0.2) is 64.0 Å². The molecule has 0 saturated carbocycles. The molecule has 0 N–H and O–H groups in total. The Balaban J connectivity index is 1.40. The smallest absolute Gasteiger partial charge is 0.244 e. The van der Waals surface area contributed by atoms with Crippen molar-refractivity contribution in [3.05, 3.63) is 40.3 Å². The molecule has 0 spiro atoms. The summed E-state index contributed by atoms with van der Waals surface area (Å²) in [7, 11) is 1.59.